The van der Waals surface area contributed by atoms with Gasteiger partial charge >= 0.3 is 5.97 Å². The van der Waals surface area contributed by atoms with E-state index >= 15 is 0 Å². The van der Waals surface area contributed by atoms with Crippen LogP contribution >= 0.6 is 27.3 Å². The second kappa shape index (κ2) is 6.00. The van der Waals surface area contributed by atoms with Crippen molar-refractivity contribution in [2.24, 2.45) is 0 Å². The maximum atomic E-state index is 11.8. The van der Waals surface area contributed by atoms with Crippen molar-refractivity contribution in [2.45, 2.75) is 12.8 Å². The molecule has 0 aliphatic heterocycles. The molecule has 1 N–H and O–H groups in total. The van der Waals surface area contributed by atoms with Gasteiger partial charge in [-0.05, 0) is 34.5 Å². The average molecular weight is 306 g/mol. The zero-order valence-electron chi connectivity index (χ0n) is 8.77. The highest BCUT2D eigenvalue weighted by atomic mass is 79.9. The molecule has 0 saturated carbocycles. The first-order chi connectivity index (χ1) is 7.50. The van der Waals surface area contributed by atoms with Gasteiger partial charge in [0.15, 0.2) is 0 Å². The Bertz CT molecular complexity index is 391. The van der Waals surface area contributed by atoms with E-state index in [9.17, 15) is 9.59 Å². The predicted octanol–water partition coefficient (Wildman–Crippen LogP) is 2.45. The van der Waals surface area contributed by atoms with E-state index in [-0.39, 0.29) is 12.3 Å². The summed E-state index contributed by atoms with van der Waals surface area (Å²) in [6.45, 7) is 0.459. The molecule has 1 heterocycles. The van der Waals surface area contributed by atoms with E-state index in [1.165, 1.54) is 11.3 Å². The number of amides is 1. The normalized spacial score (nSPS) is 10.1. The number of carboxylic acid groups (broad SMARTS) is 1. The van der Waals surface area contributed by atoms with Crippen LogP contribution in [0.15, 0.2) is 15.9 Å². The van der Waals surface area contributed by atoms with Gasteiger partial charge in [-0.1, -0.05) is 0 Å². The van der Waals surface area contributed by atoms with Crippen LogP contribution in [0.25, 0.3) is 0 Å². The molecule has 0 radical (unpaired) electrons. The summed E-state index contributed by atoms with van der Waals surface area (Å²) in [7, 11) is 1.68. The van der Waals surface area contributed by atoms with E-state index in [1.807, 2.05) is 6.07 Å². The maximum absolute atomic E-state index is 11.8. The largest absolute Gasteiger partial charge is 0.481 e. The van der Waals surface area contributed by atoms with Crippen molar-refractivity contribution in [1.82, 2.24) is 4.90 Å². The van der Waals surface area contributed by atoms with Gasteiger partial charge in [-0.15, -0.1) is 11.3 Å². The first-order valence-electron chi connectivity index (χ1n) is 4.73. The van der Waals surface area contributed by atoms with Gasteiger partial charge in [0.2, 0.25) is 0 Å². The molecule has 1 amide bonds. The lowest BCUT2D eigenvalue weighted by Crippen LogP contribution is -2.27. The zero-order chi connectivity index (χ0) is 12.1. The number of carbonyl (C=O) groups is 2. The monoisotopic (exact) mass is 305 g/mol. The van der Waals surface area contributed by atoms with Crippen molar-refractivity contribution < 1.29 is 14.7 Å². The molecular weight excluding hydrogens is 294 g/mol. The van der Waals surface area contributed by atoms with Crippen molar-refractivity contribution in [1.29, 1.82) is 0 Å². The molecular formula is C10H12BrNO3S. The van der Waals surface area contributed by atoms with Crippen LogP contribution < -0.4 is 0 Å². The summed E-state index contributed by atoms with van der Waals surface area (Å²) in [5.41, 5.74) is 0. The zero-order valence-corrected chi connectivity index (χ0v) is 11.2. The number of carbonyl (C=O) groups excluding carboxylic acids is 1. The molecule has 0 aliphatic rings. The van der Waals surface area contributed by atoms with E-state index in [0.717, 1.165) is 3.79 Å². The Balaban J connectivity index is 2.45. The van der Waals surface area contributed by atoms with Crippen LogP contribution in [0.3, 0.4) is 0 Å². The SMILES string of the molecule is CN(CCCC(=O)O)C(=O)c1ccc(Br)s1. The molecule has 0 spiro atoms. The van der Waals surface area contributed by atoms with Crippen molar-refractivity contribution >= 4 is 39.1 Å². The molecule has 0 bridgehead atoms. The Labute approximate surface area is 106 Å². The smallest absolute Gasteiger partial charge is 0.303 e. The van der Waals surface area contributed by atoms with Gasteiger partial charge in [0.25, 0.3) is 5.91 Å². The van der Waals surface area contributed by atoms with E-state index < -0.39 is 5.97 Å². The third-order valence-corrected chi connectivity index (χ3v) is 3.63. The Morgan fingerprint density at radius 2 is 2.19 bits per heavy atom. The number of aliphatic carboxylic acids is 1. The summed E-state index contributed by atoms with van der Waals surface area (Å²) >= 11 is 4.66. The minimum Gasteiger partial charge on any atom is -0.481 e. The van der Waals surface area contributed by atoms with E-state index in [0.29, 0.717) is 17.8 Å². The van der Waals surface area contributed by atoms with Crippen molar-refractivity contribution in [3.63, 3.8) is 0 Å². The Morgan fingerprint density at radius 1 is 1.50 bits per heavy atom. The van der Waals surface area contributed by atoms with Crippen LogP contribution in [0.1, 0.15) is 22.5 Å². The van der Waals surface area contributed by atoms with Gasteiger partial charge in [0.05, 0.1) is 8.66 Å². The Kier molecular flexibility index (Phi) is 4.95. The molecule has 4 nitrogen and oxygen atoms in total. The molecule has 0 fully saturated rings. The minimum atomic E-state index is -0.834. The summed E-state index contributed by atoms with van der Waals surface area (Å²) < 4.78 is 0.912. The molecule has 0 unspecified atom stereocenters. The predicted molar refractivity (Wildman–Crippen MR) is 65.8 cm³/mol. The van der Waals surface area contributed by atoms with Crippen LogP contribution in [0, 0.1) is 0 Å². The fraction of sp³-hybridized carbons (Fsp3) is 0.400. The molecule has 88 valence electrons. The van der Waals surface area contributed by atoms with Crippen LogP contribution in [0.5, 0.6) is 0 Å². The Morgan fingerprint density at radius 3 is 2.69 bits per heavy atom. The standard InChI is InChI=1S/C10H12BrNO3S/c1-12(6-2-3-9(13)14)10(15)7-4-5-8(11)16-7/h4-5H,2-3,6H2,1H3,(H,13,14). The third-order valence-electron chi connectivity index (χ3n) is 2.01. The lowest BCUT2D eigenvalue weighted by molar-refractivity contribution is -0.137. The van der Waals surface area contributed by atoms with Gasteiger partial charge < -0.3 is 10.0 Å². The molecule has 1 rings (SSSR count). The van der Waals surface area contributed by atoms with Crippen LogP contribution in [0.4, 0.5) is 0 Å². The average Bonchev–Trinajstić information content (AvgIpc) is 2.63. The summed E-state index contributed by atoms with van der Waals surface area (Å²) in [5, 5.41) is 8.48. The van der Waals surface area contributed by atoms with Gasteiger partial charge in [0, 0.05) is 20.0 Å². The first kappa shape index (κ1) is 13.2. The number of rotatable bonds is 5. The van der Waals surface area contributed by atoms with Crippen LogP contribution in [-0.2, 0) is 4.79 Å². The highest BCUT2D eigenvalue weighted by Gasteiger charge is 2.13. The summed E-state index contributed by atoms with van der Waals surface area (Å²) in [6, 6.07) is 3.58. The summed E-state index contributed by atoms with van der Waals surface area (Å²) in [4.78, 5) is 24.3. The molecule has 1 aromatic rings. The number of thiophene rings is 1. The van der Waals surface area contributed by atoms with Gasteiger partial charge in [-0.3, -0.25) is 9.59 Å². The first-order valence-corrected chi connectivity index (χ1v) is 6.34. The third kappa shape index (κ3) is 3.94. The molecule has 6 heteroatoms. The quantitative estimate of drug-likeness (QED) is 0.909. The summed E-state index contributed by atoms with van der Waals surface area (Å²) in [6.07, 6.45) is 0.565. The second-order valence-electron chi connectivity index (χ2n) is 3.33. The molecule has 0 aromatic carbocycles. The molecule has 0 aliphatic carbocycles. The molecule has 16 heavy (non-hydrogen) atoms. The fourth-order valence-corrected chi connectivity index (χ4v) is 2.57. The number of hydrogen-bond donors (Lipinski definition) is 1. The van der Waals surface area contributed by atoms with Crippen molar-refractivity contribution in [3.8, 4) is 0 Å². The lowest BCUT2D eigenvalue weighted by Gasteiger charge is -2.15. The number of halogens is 1. The highest BCUT2D eigenvalue weighted by Crippen LogP contribution is 2.23. The fourth-order valence-electron chi connectivity index (χ4n) is 1.19. The molecule has 1 aromatic heterocycles. The molecule has 0 saturated heterocycles. The topological polar surface area (TPSA) is 57.6 Å². The van der Waals surface area contributed by atoms with Gasteiger partial charge in [-0.25, -0.2) is 0 Å². The van der Waals surface area contributed by atoms with E-state index in [4.69, 9.17) is 5.11 Å². The van der Waals surface area contributed by atoms with Gasteiger partial charge in [0.1, 0.15) is 0 Å². The van der Waals surface area contributed by atoms with Crippen molar-refractivity contribution in [2.75, 3.05) is 13.6 Å². The van der Waals surface area contributed by atoms with Gasteiger partial charge in [-0.2, -0.15) is 0 Å². The van der Waals surface area contributed by atoms with E-state index in [1.54, 1.807) is 18.0 Å². The van der Waals surface area contributed by atoms with Crippen LogP contribution in [-0.4, -0.2) is 35.5 Å². The molecule has 0 atom stereocenters. The van der Waals surface area contributed by atoms with Crippen molar-refractivity contribution in [3.05, 3.63) is 20.8 Å². The number of hydrogen-bond acceptors (Lipinski definition) is 3. The maximum Gasteiger partial charge on any atom is 0.303 e. The second-order valence-corrected chi connectivity index (χ2v) is 5.79. The minimum absolute atomic E-state index is 0.0684. The highest BCUT2D eigenvalue weighted by molar-refractivity contribution is 9.11. The Hall–Kier alpha value is -0.880. The number of nitrogens with zero attached hydrogens (tertiary/aromatic N) is 1. The lowest BCUT2D eigenvalue weighted by atomic mass is 10.3. The summed E-state index contributed by atoms with van der Waals surface area (Å²) in [5.74, 6) is -0.902. The van der Waals surface area contributed by atoms with E-state index in [2.05, 4.69) is 15.9 Å². The van der Waals surface area contributed by atoms with Crippen LogP contribution in [0.2, 0.25) is 0 Å². The number of carboxylic acids is 1.